The molecule has 5 nitrogen and oxygen atoms in total. The fourth-order valence-electron chi connectivity index (χ4n) is 2.44. The lowest BCUT2D eigenvalue weighted by molar-refractivity contribution is -0.139. The molecule has 0 aromatic heterocycles. The second-order valence-electron chi connectivity index (χ2n) is 6.17. The Morgan fingerprint density at radius 3 is 2.16 bits per heavy atom. The Balaban J connectivity index is 2.15. The van der Waals surface area contributed by atoms with Gasteiger partial charge in [0.05, 0.1) is 5.41 Å². The smallest absolute Gasteiger partial charge is 0.341 e. The number of carbonyl (C=O) groups excluding carboxylic acids is 1. The van der Waals surface area contributed by atoms with Crippen LogP contribution in [0.25, 0.3) is 0 Å². The van der Waals surface area contributed by atoms with Crippen LogP contribution in [-0.2, 0) is 15.0 Å². The van der Waals surface area contributed by atoms with Gasteiger partial charge < -0.3 is 14.7 Å². The molecule has 0 aliphatic carbocycles. The van der Waals surface area contributed by atoms with Crippen molar-refractivity contribution in [2.75, 3.05) is 18.6 Å². The number of hydrogen-bond donors (Lipinski definition) is 1. The largest absolute Gasteiger partial charge is 0.482 e. The molecule has 132 valence electrons. The van der Waals surface area contributed by atoms with Gasteiger partial charge in [-0.1, -0.05) is 12.1 Å². The van der Waals surface area contributed by atoms with Crippen molar-refractivity contribution in [1.82, 2.24) is 0 Å². The molecule has 0 fully saturated rings. The summed E-state index contributed by atoms with van der Waals surface area (Å²) in [4.78, 5) is 24.9. The number of nitrogens with zero attached hydrogens (tertiary/aromatic N) is 1. The van der Waals surface area contributed by atoms with E-state index in [1.807, 2.05) is 0 Å². The van der Waals surface area contributed by atoms with Crippen LogP contribution in [0.5, 0.6) is 5.75 Å². The maximum absolute atomic E-state index is 13.1. The minimum atomic E-state index is -1.06. The number of anilines is 1. The molecule has 1 N–H and O–H groups in total. The summed E-state index contributed by atoms with van der Waals surface area (Å²) in [5.74, 6) is -1.15. The molecule has 0 saturated heterocycles. The predicted molar refractivity (Wildman–Crippen MR) is 92.4 cm³/mol. The van der Waals surface area contributed by atoms with Crippen LogP contribution in [0.15, 0.2) is 48.5 Å². The van der Waals surface area contributed by atoms with Crippen LogP contribution in [0.4, 0.5) is 10.1 Å². The van der Waals surface area contributed by atoms with Crippen LogP contribution in [0, 0.1) is 5.82 Å². The fourth-order valence-corrected chi connectivity index (χ4v) is 2.44. The molecule has 0 saturated carbocycles. The number of halogens is 1. The Labute approximate surface area is 145 Å². The number of carboxylic acid groups (broad SMARTS) is 1. The molecule has 0 bridgehead atoms. The average Bonchev–Trinajstić information content (AvgIpc) is 2.59. The Bertz CT molecular complexity index is 754. The van der Waals surface area contributed by atoms with Gasteiger partial charge in [-0.15, -0.1) is 0 Å². The van der Waals surface area contributed by atoms with Crippen molar-refractivity contribution in [2.45, 2.75) is 19.3 Å². The van der Waals surface area contributed by atoms with Crippen molar-refractivity contribution in [3.63, 3.8) is 0 Å². The number of rotatable bonds is 6. The van der Waals surface area contributed by atoms with E-state index in [0.717, 1.165) is 0 Å². The Hall–Kier alpha value is -2.89. The standard InChI is InChI=1S/C19H20FNO4/c1-19(2,13-4-6-14(20)7-5-13)18(24)21(3)15-8-10-16(11-9-15)25-12-17(22)23/h4-11H,12H2,1-3H3,(H,22,23). The van der Waals surface area contributed by atoms with Crippen molar-refractivity contribution in [1.29, 1.82) is 0 Å². The topological polar surface area (TPSA) is 66.8 Å². The van der Waals surface area contributed by atoms with E-state index in [1.165, 1.54) is 17.0 Å². The van der Waals surface area contributed by atoms with Gasteiger partial charge in [-0.05, 0) is 55.8 Å². The average molecular weight is 345 g/mol. The van der Waals surface area contributed by atoms with Crippen molar-refractivity contribution in [2.24, 2.45) is 0 Å². The van der Waals surface area contributed by atoms with Crippen molar-refractivity contribution in [3.8, 4) is 5.75 Å². The highest BCUT2D eigenvalue weighted by Crippen LogP contribution is 2.28. The van der Waals surface area contributed by atoms with Gasteiger partial charge in [0.15, 0.2) is 6.61 Å². The van der Waals surface area contributed by atoms with E-state index in [-0.39, 0.29) is 11.7 Å². The SMILES string of the molecule is CN(C(=O)C(C)(C)c1ccc(F)cc1)c1ccc(OCC(=O)O)cc1. The van der Waals surface area contributed by atoms with E-state index in [9.17, 15) is 14.0 Å². The van der Waals surface area contributed by atoms with Gasteiger partial charge in [0, 0.05) is 12.7 Å². The molecule has 2 aromatic rings. The minimum Gasteiger partial charge on any atom is -0.482 e. The van der Waals surface area contributed by atoms with Crippen LogP contribution in [-0.4, -0.2) is 30.6 Å². The molecular formula is C19H20FNO4. The molecule has 0 unspecified atom stereocenters. The van der Waals surface area contributed by atoms with Gasteiger partial charge in [0.25, 0.3) is 0 Å². The molecule has 1 amide bonds. The van der Waals surface area contributed by atoms with Gasteiger partial charge in [-0.2, -0.15) is 0 Å². The number of likely N-dealkylation sites (N-methyl/N-ethyl adjacent to an activating group) is 1. The number of hydrogen-bond acceptors (Lipinski definition) is 3. The summed E-state index contributed by atoms with van der Waals surface area (Å²) in [7, 11) is 1.65. The summed E-state index contributed by atoms with van der Waals surface area (Å²) in [5.41, 5.74) is 0.524. The summed E-state index contributed by atoms with van der Waals surface area (Å²) in [6.45, 7) is 3.14. The first-order valence-electron chi connectivity index (χ1n) is 7.70. The summed E-state index contributed by atoms with van der Waals surface area (Å²) in [6.07, 6.45) is 0. The van der Waals surface area contributed by atoms with Gasteiger partial charge in [0.2, 0.25) is 5.91 Å². The number of aliphatic carboxylic acids is 1. The van der Waals surface area contributed by atoms with E-state index in [4.69, 9.17) is 9.84 Å². The summed E-state index contributed by atoms with van der Waals surface area (Å²) in [6, 6.07) is 12.4. The maximum atomic E-state index is 13.1. The minimum absolute atomic E-state index is 0.154. The monoisotopic (exact) mass is 345 g/mol. The van der Waals surface area contributed by atoms with Gasteiger partial charge in [0.1, 0.15) is 11.6 Å². The lowest BCUT2D eigenvalue weighted by Gasteiger charge is -2.30. The Morgan fingerprint density at radius 2 is 1.64 bits per heavy atom. The molecule has 0 heterocycles. The first-order chi connectivity index (χ1) is 11.7. The summed E-state index contributed by atoms with van der Waals surface area (Å²) >= 11 is 0. The zero-order valence-corrected chi connectivity index (χ0v) is 14.3. The van der Waals surface area contributed by atoms with Crippen molar-refractivity contribution >= 4 is 17.6 Å². The van der Waals surface area contributed by atoms with Crippen molar-refractivity contribution < 1.29 is 23.8 Å². The molecule has 2 rings (SSSR count). The normalized spacial score (nSPS) is 11.0. The van der Waals surface area contributed by atoms with Crippen LogP contribution in [0.2, 0.25) is 0 Å². The fraction of sp³-hybridized carbons (Fsp3) is 0.263. The quantitative estimate of drug-likeness (QED) is 0.873. The molecule has 2 aromatic carbocycles. The second-order valence-corrected chi connectivity index (χ2v) is 6.17. The molecule has 25 heavy (non-hydrogen) atoms. The van der Waals surface area contributed by atoms with Crippen molar-refractivity contribution in [3.05, 3.63) is 59.9 Å². The number of carbonyl (C=O) groups is 2. The maximum Gasteiger partial charge on any atom is 0.341 e. The van der Waals surface area contributed by atoms with Crippen LogP contribution in [0.3, 0.4) is 0 Å². The molecule has 0 radical (unpaired) electrons. The number of ether oxygens (including phenoxy) is 1. The van der Waals surface area contributed by atoms with Crippen LogP contribution in [0.1, 0.15) is 19.4 Å². The van der Waals surface area contributed by atoms with E-state index in [1.54, 1.807) is 57.3 Å². The van der Waals surface area contributed by atoms with Crippen LogP contribution < -0.4 is 9.64 Å². The molecule has 0 aliphatic rings. The van der Waals surface area contributed by atoms with Gasteiger partial charge >= 0.3 is 5.97 Å². The van der Waals surface area contributed by atoms with E-state index >= 15 is 0 Å². The molecule has 0 aliphatic heterocycles. The first-order valence-corrected chi connectivity index (χ1v) is 7.70. The van der Waals surface area contributed by atoms with Gasteiger partial charge in [-0.3, -0.25) is 4.79 Å². The van der Waals surface area contributed by atoms with Crippen LogP contribution >= 0.6 is 0 Å². The predicted octanol–water partition coefficient (Wildman–Crippen LogP) is 3.23. The zero-order chi connectivity index (χ0) is 18.6. The highest BCUT2D eigenvalue weighted by atomic mass is 19.1. The number of benzene rings is 2. The highest BCUT2D eigenvalue weighted by molar-refractivity contribution is 6.00. The third kappa shape index (κ3) is 4.35. The Morgan fingerprint density at radius 1 is 1.08 bits per heavy atom. The first kappa shape index (κ1) is 18.4. The third-order valence-corrected chi connectivity index (χ3v) is 3.99. The summed E-state index contributed by atoms with van der Waals surface area (Å²) < 4.78 is 18.2. The molecule has 0 atom stereocenters. The van der Waals surface area contributed by atoms with E-state index in [0.29, 0.717) is 17.0 Å². The van der Waals surface area contributed by atoms with E-state index in [2.05, 4.69) is 0 Å². The van der Waals surface area contributed by atoms with Gasteiger partial charge in [-0.25, -0.2) is 9.18 Å². The highest BCUT2D eigenvalue weighted by Gasteiger charge is 2.33. The number of carboxylic acids is 1. The lowest BCUT2D eigenvalue weighted by Crippen LogP contribution is -2.41. The van der Waals surface area contributed by atoms with E-state index < -0.39 is 18.0 Å². The second kappa shape index (κ2) is 7.34. The Kier molecular flexibility index (Phi) is 5.41. The zero-order valence-electron chi connectivity index (χ0n) is 14.3. The molecular weight excluding hydrogens is 325 g/mol. The lowest BCUT2D eigenvalue weighted by atomic mass is 9.83. The molecule has 6 heteroatoms. The summed E-state index contributed by atoms with van der Waals surface area (Å²) in [5, 5.41) is 8.60. The number of amides is 1. The molecule has 0 spiro atoms. The third-order valence-electron chi connectivity index (χ3n) is 3.99.